The van der Waals surface area contributed by atoms with Crippen LogP contribution in [0, 0.1) is 11.3 Å². The second-order valence-corrected chi connectivity index (χ2v) is 4.21. The molecule has 90 valence electrons. The number of nitriles is 1. The molecule has 0 bridgehead atoms. The number of hydrogen-bond donors (Lipinski definition) is 1. The van der Waals surface area contributed by atoms with Crippen molar-refractivity contribution in [1.29, 1.82) is 5.26 Å². The maximum absolute atomic E-state index is 11.5. The lowest BCUT2D eigenvalue weighted by Gasteiger charge is -2.34. The lowest BCUT2D eigenvalue weighted by molar-refractivity contribution is -0.125. The molecule has 0 spiro atoms. The molecule has 1 N–H and O–H groups in total. The van der Waals surface area contributed by atoms with E-state index >= 15 is 0 Å². The highest BCUT2D eigenvalue weighted by Crippen LogP contribution is 2.09. The number of nitrogens with one attached hydrogen (secondary N) is 1. The smallest absolute Gasteiger partial charge is 0.234 e. The van der Waals surface area contributed by atoms with Crippen molar-refractivity contribution in [3.05, 3.63) is 0 Å². The third-order valence-corrected chi connectivity index (χ3v) is 2.42. The number of carbonyl (C=O) groups is 1. The van der Waals surface area contributed by atoms with Crippen LogP contribution in [0.15, 0.2) is 0 Å². The zero-order chi connectivity index (χ0) is 12.0. The Labute approximate surface area is 96.4 Å². The Morgan fingerprint density at radius 3 is 2.69 bits per heavy atom. The minimum absolute atomic E-state index is 0.0171. The van der Waals surface area contributed by atoms with Gasteiger partial charge in [0.2, 0.25) is 5.91 Å². The fraction of sp³-hybridized carbons (Fsp3) is 0.818. The predicted molar refractivity (Wildman–Crippen MR) is 59.7 cm³/mol. The van der Waals surface area contributed by atoms with Crippen molar-refractivity contribution in [1.82, 2.24) is 10.2 Å². The van der Waals surface area contributed by atoms with E-state index in [2.05, 4.69) is 10.2 Å². The molecule has 5 heteroatoms. The van der Waals surface area contributed by atoms with Crippen LogP contribution in [-0.2, 0) is 9.53 Å². The van der Waals surface area contributed by atoms with Crippen LogP contribution in [0.25, 0.3) is 0 Å². The van der Waals surface area contributed by atoms with Gasteiger partial charge in [-0.15, -0.1) is 0 Å². The van der Waals surface area contributed by atoms with Crippen LogP contribution >= 0.6 is 0 Å². The third-order valence-electron chi connectivity index (χ3n) is 2.42. The molecule has 1 aliphatic heterocycles. The van der Waals surface area contributed by atoms with Crippen molar-refractivity contribution in [3.63, 3.8) is 0 Å². The average molecular weight is 225 g/mol. The fourth-order valence-electron chi connectivity index (χ4n) is 1.93. The van der Waals surface area contributed by atoms with Gasteiger partial charge < -0.3 is 10.1 Å². The van der Waals surface area contributed by atoms with Gasteiger partial charge in [-0.05, 0) is 13.8 Å². The van der Waals surface area contributed by atoms with Crippen molar-refractivity contribution in [3.8, 4) is 6.07 Å². The highest BCUT2D eigenvalue weighted by atomic mass is 16.5. The normalized spacial score (nSPS) is 26.1. The van der Waals surface area contributed by atoms with E-state index in [1.54, 1.807) is 0 Å². The average Bonchev–Trinajstić information content (AvgIpc) is 2.16. The molecule has 0 aromatic heterocycles. The van der Waals surface area contributed by atoms with Crippen LogP contribution in [-0.4, -0.2) is 49.2 Å². The third kappa shape index (κ3) is 4.60. The lowest BCUT2D eigenvalue weighted by Crippen LogP contribution is -2.49. The van der Waals surface area contributed by atoms with Gasteiger partial charge >= 0.3 is 0 Å². The fourth-order valence-corrected chi connectivity index (χ4v) is 1.93. The number of hydrogen-bond acceptors (Lipinski definition) is 4. The zero-order valence-electron chi connectivity index (χ0n) is 9.90. The van der Waals surface area contributed by atoms with Crippen LogP contribution in [0.2, 0.25) is 0 Å². The summed E-state index contributed by atoms with van der Waals surface area (Å²) < 4.78 is 5.58. The lowest BCUT2D eigenvalue weighted by atomic mass is 10.2. The van der Waals surface area contributed by atoms with Crippen LogP contribution < -0.4 is 5.32 Å². The summed E-state index contributed by atoms with van der Waals surface area (Å²) in [5.74, 6) is -0.0171. The number of nitrogens with zero attached hydrogens (tertiary/aromatic N) is 2. The van der Waals surface area contributed by atoms with Crippen LogP contribution in [0.5, 0.6) is 0 Å². The van der Waals surface area contributed by atoms with Gasteiger partial charge in [-0.25, -0.2) is 0 Å². The van der Waals surface area contributed by atoms with E-state index in [0.29, 0.717) is 19.5 Å². The largest absolute Gasteiger partial charge is 0.373 e. The van der Waals surface area contributed by atoms with E-state index in [1.165, 1.54) is 0 Å². The first-order chi connectivity index (χ1) is 7.61. The summed E-state index contributed by atoms with van der Waals surface area (Å²) in [6.07, 6.45) is 0.716. The molecule has 1 saturated heterocycles. The maximum atomic E-state index is 11.5. The van der Waals surface area contributed by atoms with Crippen molar-refractivity contribution >= 4 is 5.91 Å². The summed E-state index contributed by atoms with van der Waals surface area (Å²) in [4.78, 5) is 13.6. The van der Waals surface area contributed by atoms with E-state index in [-0.39, 0.29) is 18.1 Å². The molecule has 1 aliphatic rings. The molecule has 0 aromatic carbocycles. The minimum Gasteiger partial charge on any atom is -0.373 e. The molecule has 16 heavy (non-hydrogen) atoms. The van der Waals surface area contributed by atoms with Gasteiger partial charge in [0.1, 0.15) is 0 Å². The van der Waals surface area contributed by atoms with Crippen LogP contribution in [0.1, 0.15) is 20.3 Å². The Kier molecular flexibility index (Phi) is 5.23. The van der Waals surface area contributed by atoms with Crippen molar-refractivity contribution in [2.24, 2.45) is 0 Å². The van der Waals surface area contributed by atoms with E-state index in [1.807, 2.05) is 19.9 Å². The Morgan fingerprint density at radius 1 is 1.50 bits per heavy atom. The second-order valence-electron chi connectivity index (χ2n) is 4.21. The van der Waals surface area contributed by atoms with Crippen LogP contribution in [0.4, 0.5) is 0 Å². The Bertz CT molecular complexity index is 265. The summed E-state index contributed by atoms with van der Waals surface area (Å²) >= 11 is 0. The van der Waals surface area contributed by atoms with Gasteiger partial charge in [0.25, 0.3) is 0 Å². The van der Waals surface area contributed by atoms with Gasteiger partial charge in [-0.3, -0.25) is 9.69 Å². The summed E-state index contributed by atoms with van der Waals surface area (Å²) in [7, 11) is 0. The van der Waals surface area contributed by atoms with Crippen molar-refractivity contribution in [2.45, 2.75) is 32.5 Å². The van der Waals surface area contributed by atoms with Gasteiger partial charge in [0, 0.05) is 19.6 Å². The molecule has 2 atom stereocenters. The molecule has 1 heterocycles. The SMILES string of the molecule is CC1CN(CC(=O)NCCC#N)CC(C)O1. The topological polar surface area (TPSA) is 65.4 Å². The Morgan fingerprint density at radius 2 is 2.12 bits per heavy atom. The Balaban J connectivity index is 2.25. The highest BCUT2D eigenvalue weighted by molar-refractivity contribution is 5.78. The number of amides is 1. The van der Waals surface area contributed by atoms with Crippen molar-refractivity contribution in [2.75, 3.05) is 26.2 Å². The standard InChI is InChI=1S/C11H19N3O2/c1-9-6-14(7-10(2)16-9)8-11(15)13-5-3-4-12/h9-10H,3,5-8H2,1-2H3,(H,13,15). The summed E-state index contributed by atoms with van der Waals surface area (Å²) in [6.45, 7) is 6.42. The monoisotopic (exact) mass is 225 g/mol. The maximum Gasteiger partial charge on any atom is 0.234 e. The highest BCUT2D eigenvalue weighted by Gasteiger charge is 2.23. The predicted octanol–water partition coefficient (Wildman–Crippen LogP) is 0.125. The van der Waals surface area contributed by atoms with E-state index in [4.69, 9.17) is 10.00 Å². The molecular formula is C11H19N3O2. The van der Waals surface area contributed by atoms with E-state index in [0.717, 1.165) is 13.1 Å². The van der Waals surface area contributed by atoms with E-state index < -0.39 is 0 Å². The molecule has 1 amide bonds. The number of morpholine rings is 1. The summed E-state index contributed by atoms with van der Waals surface area (Å²) in [6, 6.07) is 1.99. The molecule has 1 fully saturated rings. The summed E-state index contributed by atoms with van der Waals surface area (Å²) in [5.41, 5.74) is 0. The molecule has 5 nitrogen and oxygen atoms in total. The molecular weight excluding hydrogens is 206 g/mol. The van der Waals surface area contributed by atoms with Gasteiger partial charge in [-0.1, -0.05) is 0 Å². The molecule has 1 rings (SSSR count). The molecule has 0 aromatic rings. The first-order valence-electron chi connectivity index (χ1n) is 5.63. The number of ether oxygens (including phenoxy) is 1. The van der Waals surface area contributed by atoms with Gasteiger partial charge in [0.05, 0.1) is 31.2 Å². The Hall–Kier alpha value is -1.12. The van der Waals surface area contributed by atoms with E-state index in [9.17, 15) is 4.79 Å². The molecule has 0 aliphatic carbocycles. The number of rotatable bonds is 4. The quantitative estimate of drug-likeness (QED) is 0.690. The second kappa shape index (κ2) is 6.46. The molecule has 0 radical (unpaired) electrons. The van der Waals surface area contributed by atoms with Crippen molar-refractivity contribution < 1.29 is 9.53 Å². The molecule has 0 saturated carbocycles. The van der Waals surface area contributed by atoms with Gasteiger partial charge in [0.15, 0.2) is 0 Å². The molecule has 2 unspecified atom stereocenters. The first kappa shape index (κ1) is 12.9. The van der Waals surface area contributed by atoms with Gasteiger partial charge in [-0.2, -0.15) is 5.26 Å². The first-order valence-corrected chi connectivity index (χ1v) is 5.63. The summed E-state index contributed by atoms with van der Waals surface area (Å²) in [5, 5.41) is 11.1. The number of carbonyl (C=O) groups excluding carboxylic acids is 1. The van der Waals surface area contributed by atoms with Crippen LogP contribution in [0.3, 0.4) is 0 Å². The zero-order valence-corrected chi connectivity index (χ0v) is 9.90. The minimum atomic E-state index is -0.0171.